The highest BCUT2D eigenvalue weighted by molar-refractivity contribution is 5.53. The van der Waals surface area contributed by atoms with Crippen LogP contribution in [-0.2, 0) is 0 Å². The summed E-state index contributed by atoms with van der Waals surface area (Å²) in [5, 5.41) is 0. The number of rotatable bonds is 3. The van der Waals surface area contributed by atoms with E-state index < -0.39 is 23.4 Å². The van der Waals surface area contributed by atoms with Gasteiger partial charge in [0, 0.05) is 17.6 Å². The third-order valence-corrected chi connectivity index (χ3v) is 3.96. The highest BCUT2D eigenvalue weighted by atomic mass is 19.4. The summed E-state index contributed by atoms with van der Waals surface area (Å²) < 4.78 is 64.1. The Morgan fingerprint density at radius 1 is 1.09 bits per heavy atom. The lowest BCUT2D eigenvalue weighted by atomic mass is 9.83. The van der Waals surface area contributed by atoms with Gasteiger partial charge in [-0.25, -0.2) is 8.78 Å². The summed E-state index contributed by atoms with van der Waals surface area (Å²) in [5.41, 5.74) is -0.197. The lowest BCUT2D eigenvalue weighted by molar-refractivity contribution is -0.0790. The quantitative estimate of drug-likeness (QED) is 0.474. The molecule has 0 nitrogen and oxygen atoms in total. The van der Waals surface area contributed by atoms with Gasteiger partial charge in [0.15, 0.2) is 0 Å². The van der Waals surface area contributed by atoms with Crippen molar-refractivity contribution in [2.75, 3.05) is 0 Å². The maximum atomic E-state index is 13.9. The number of allylic oxidation sites excluding steroid dienone is 3. The molecule has 0 aromatic heterocycles. The van der Waals surface area contributed by atoms with E-state index in [2.05, 4.69) is 6.92 Å². The number of alkyl halides is 3. The molecule has 0 spiro atoms. The summed E-state index contributed by atoms with van der Waals surface area (Å²) in [6, 6.07) is 2.25. The fourth-order valence-electron chi connectivity index (χ4n) is 2.65. The molecule has 0 fully saturated rings. The molecule has 1 aromatic rings. The number of benzene rings is 1. The highest BCUT2D eigenvalue weighted by Gasteiger charge is 2.23. The maximum Gasteiger partial charge on any atom is 0.409 e. The Hall–Kier alpha value is -1.65. The highest BCUT2D eigenvalue weighted by Crippen LogP contribution is 2.33. The standard InChI is InChI=1S/C17H17F5/c1-2-11-3-5-12(6-4-11)13-9-15(18)14(16(19)10-13)7-8-17(20,21)22/h3,5,7-12H,2,4,6H2,1H3/b8-7+. The van der Waals surface area contributed by atoms with Crippen LogP contribution in [0, 0.1) is 17.6 Å². The normalized spacial score (nSPS) is 22.5. The van der Waals surface area contributed by atoms with Crippen molar-refractivity contribution in [1.29, 1.82) is 0 Å². The zero-order chi connectivity index (χ0) is 16.3. The first-order chi connectivity index (χ1) is 10.3. The molecule has 1 aliphatic rings. The molecule has 2 rings (SSSR count). The first-order valence-electron chi connectivity index (χ1n) is 7.23. The van der Waals surface area contributed by atoms with Gasteiger partial charge >= 0.3 is 6.18 Å². The average Bonchev–Trinajstić information content (AvgIpc) is 2.45. The van der Waals surface area contributed by atoms with Gasteiger partial charge in [-0.1, -0.05) is 19.1 Å². The summed E-state index contributed by atoms with van der Waals surface area (Å²) in [7, 11) is 0. The van der Waals surface area contributed by atoms with E-state index in [-0.39, 0.29) is 12.0 Å². The minimum atomic E-state index is -4.60. The maximum absolute atomic E-state index is 13.9. The molecule has 0 bridgehead atoms. The SMILES string of the molecule is CCC1C=CC(c2cc(F)c(/C=C/C(F)(F)F)c(F)c2)CC1. The van der Waals surface area contributed by atoms with Gasteiger partial charge < -0.3 is 0 Å². The lowest BCUT2D eigenvalue weighted by Crippen LogP contribution is -2.08. The van der Waals surface area contributed by atoms with Crippen molar-refractivity contribution in [1.82, 2.24) is 0 Å². The Bertz CT molecular complexity index is 560. The largest absolute Gasteiger partial charge is 0.409 e. The van der Waals surface area contributed by atoms with Crippen LogP contribution in [0.15, 0.2) is 30.4 Å². The molecule has 0 aliphatic heterocycles. The number of halogens is 5. The van der Waals surface area contributed by atoms with Gasteiger partial charge in [-0.05, 0) is 49.0 Å². The molecule has 2 atom stereocenters. The first kappa shape index (κ1) is 16.7. The van der Waals surface area contributed by atoms with Gasteiger partial charge in [0.05, 0.1) is 0 Å². The molecule has 0 heterocycles. The molecule has 0 amide bonds. The van der Waals surface area contributed by atoms with Crippen molar-refractivity contribution in [2.45, 2.75) is 38.3 Å². The van der Waals surface area contributed by atoms with Crippen LogP contribution < -0.4 is 0 Å². The molecule has 22 heavy (non-hydrogen) atoms. The average molecular weight is 316 g/mol. The van der Waals surface area contributed by atoms with E-state index in [4.69, 9.17) is 0 Å². The molecule has 120 valence electrons. The van der Waals surface area contributed by atoms with Gasteiger partial charge in [0.2, 0.25) is 0 Å². The topological polar surface area (TPSA) is 0 Å². The number of hydrogen-bond donors (Lipinski definition) is 0. The van der Waals surface area contributed by atoms with E-state index in [0.29, 0.717) is 17.6 Å². The Morgan fingerprint density at radius 3 is 2.18 bits per heavy atom. The minimum absolute atomic E-state index is 0.0903. The summed E-state index contributed by atoms with van der Waals surface area (Å²) in [6.45, 7) is 2.08. The fourth-order valence-corrected chi connectivity index (χ4v) is 2.65. The van der Waals surface area contributed by atoms with Crippen molar-refractivity contribution in [3.63, 3.8) is 0 Å². The number of hydrogen-bond acceptors (Lipinski definition) is 0. The van der Waals surface area contributed by atoms with Gasteiger partial charge in [-0.15, -0.1) is 0 Å². The van der Waals surface area contributed by atoms with Gasteiger partial charge in [0.1, 0.15) is 11.6 Å². The van der Waals surface area contributed by atoms with E-state index in [0.717, 1.165) is 31.4 Å². The molecule has 1 aromatic carbocycles. The first-order valence-corrected chi connectivity index (χ1v) is 7.23. The van der Waals surface area contributed by atoms with Gasteiger partial charge in [0.25, 0.3) is 0 Å². The van der Waals surface area contributed by atoms with Gasteiger partial charge in [-0.2, -0.15) is 13.2 Å². The summed E-state index contributed by atoms with van der Waals surface area (Å²) in [6.07, 6.45) is 2.38. The Morgan fingerprint density at radius 2 is 1.73 bits per heavy atom. The predicted molar refractivity (Wildman–Crippen MR) is 76.3 cm³/mol. The van der Waals surface area contributed by atoms with Gasteiger partial charge in [-0.3, -0.25) is 0 Å². The monoisotopic (exact) mass is 316 g/mol. The van der Waals surface area contributed by atoms with E-state index in [9.17, 15) is 22.0 Å². The van der Waals surface area contributed by atoms with Crippen molar-refractivity contribution in [3.8, 4) is 0 Å². The van der Waals surface area contributed by atoms with Crippen molar-refractivity contribution < 1.29 is 22.0 Å². The predicted octanol–water partition coefficient (Wildman–Crippen LogP) is 6.00. The molecule has 0 saturated carbocycles. The summed E-state index contributed by atoms with van der Waals surface area (Å²) in [5.74, 6) is -1.55. The third kappa shape index (κ3) is 4.18. The Balaban J connectivity index is 2.25. The van der Waals surface area contributed by atoms with Crippen LogP contribution in [0.25, 0.3) is 6.08 Å². The van der Waals surface area contributed by atoms with E-state index in [1.54, 1.807) is 0 Å². The molecule has 0 N–H and O–H groups in total. The summed E-state index contributed by atoms with van der Waals surface area (Å²) in [4.78, 5) is 0. The molecular formula is C17H17F5. The molecule has 2 unspecified atom stereocenters. The van der Waals surface area contributed by atoms with Crippen LogP contribution in [0.3, 0.4) is 0 Å². The Labute approximate surface area is 126 Å². The molecule has 5 heteroatoms. The van der Waals surface area contributed by atoms with Crippen LogP contribution in [0.4, 0.5) is 22.0 Å². The van der Waals surface area contributed by atoms with E-state index in [1.807, 2.05) is 12.2 Å². The van der Waals surface area contributed by atoms with Crippen LogP contribution in [0.2, 0.25) is 0 Å². The second-order valence-electron chi connectivity index (χ2n) is 5.51. The second kappa shape index (κ2) is 6.63. The van der Waals surface area contributed by atoms with Crippen LogP contribution in [0.1, 0.15) is 43.2 Å². The molecule has 0 radical (unpaired) electrons. The Kier molecular flexibility index (Phi) is 5.04. The second-order valence-corrected chi connectivity index (χ2v) is 5.51. The molecule has 1 aliphatic carbocycles. The fraction of sp³-hybridized carbons (Fsp3) is 0.412. The van der Waals surface area contributed by atoms with Crippen LogP contribution in [-0.4, -0.2) is 6.18 Å². The van der Waals surface area contributed by atoms with Crippen molar-refractivity contribution in [3.05, 3.63) is 53.1 Å². The van der Waals surface area contributed by atoms with Crippen LogP contribution >= 0.6 is 0 Å². The van der Waals surface area contributed by atoms with Crippen molar-refractivity contribution >= 4 is 6.08 Å². The zero-order valence-electron chi connectivity index (χ0n) is 12.1. The van der Waals surface area contributed by atoms with Crippen molar-refractivity contribution in [2.24, 2.45) is 5.92 Å². The summed E-state index contributed by atoms with van der Waals surface area (Å²) >= 11 is 0. The molecular weight excluding hydrogens is 299 g/mol. The lowest BCUT2D eigenvalue weighted by Gasteiger charge is -2.22. The van der Waals surface area contributed by atoms with E-state index in [1.165, 1.54) is 0 Å². The third-order valence-electron chi connectivity index (χ3n) is 3.96. The van der Waals surface area contributed by atoms with Crippen LogP contribution in [0.5, 0.6) is 0 Å². The molecule has 0 saturated heterocycles. The smallest absolute Gasteiger partial charge is 0.206 e. The van der Waals surface area contributed by atoms with E-state index >= 15 is 0 Å². The zero-order valence-corrected chi connectivity index (χ0v) is 12.1. The minimum Gasteiger partial charge on any atom is -0.206 e.